The van der Waals surface area contributed by atoms with Crippen LogP contribution in [0.4, 0.5) is 0 Å². The fourth-order valence-corrected chi connectivity index (χ4v) is 0. The summed E-state index contributed by atoms with van der Waals surface area (Å²) < 4.78 is 0. The molecule has 0 aromatic rings. The van der Waals surface area contributed by atoms with Gasteiger partial charge in [-0.05, 0) is 0 Å². The summed E-state index contributed by atoms with van der Waals surface area (Å²) in [6.07, 6.45) is 0. The second kappa shape index (κ2) is 5.18. The van der Waals surface area contributed by atoms with Gasteiger partial charge in [-0.3, -0.25) is 4.79 Å². The number of hydrogen-bond donors (Lipinski definition) is 1. The molecule has 0 radical (unpaired) electrons. The molecular formula is C4H10BaO2. The Hall–Kier alpha value is 1.04. The Morgan fingerprint density at radius 1 is 1.57 bits per heavy atom. The first kappa shape index (κ1) is 10.9. The van der Waals surface area contributed by atoms with Gasteiger partial charge in [0.1, 0.15) is 0 Å². The number of carboxylic acid groups (broad SMARTS) is 1. The van der Waals surface area contributed by atoms with Gasteiger partial charge in [0.05, 0.1) is 5.92 Å². The van der Waals surface area contributed by atoms with E-state index >= 15 is 0 Å². The Labute approximate surface area is 83.4 Å². The van der Waals surface area contributed by atoms with Gasteiger partial charge in [-0.2, -0.15) is 0 Å². The van der Waals surface area contributed by atoms with Crippen molar-refractivity contribution in [1.29, 1.82) is 0 Å². The van der Waals surface area contributed by atoms with Crippen LogP contribution in [0.2, 0.25) is 0 Å². The van der Waals surface area contributed by atoms with Crippen molar-refractivity contribution >= 4 is 54.9 Å². The molecule has 40 valence electrons. The third kappa shape index (κ3) is 7.04. The van der Waals surface area contributed by atoms with Crippen LogP contribution < -0.4 is 0 Å². The topological polar surface area (TPSA) is 37.3 Å². The van der Waals surface area contributed by atoms with E-state index in [-0.39, 0.29) is 54.8 Å². The van der Waals surface area contributed by atoms with Crippen molar-refractivity contribution in [2.75, 3.05) is 0 Å². The standard InChI is InChI=1S/C4H8O2.Ba.2H/c1-3(2)4(5)6;;;/h3H,1-2H3,(H,5,6);;;. The molecule has 0 amide bonds. The molecule has 3 heteroatoms. The summed E-state index contributed by atoms with van der Waals surface area (Å²) in [4.78, 5) is 9.70. The first-order chi connectivity index (χ1) is 2.64. The molecule has 0 fully saturated rings. The fourth-order valence-electron chi connectivity index (χ4n) is 0. The summed E-state index contributed by atoms with van der Waals surface area (Å²) in [5.74, 6) is -0.972. The van der Waals surface area contributed by atoms with E-state index in [0.29, 0.717) is 0 Å². The van der Waals surface area contributed by atoms with Gasteiger partial charge < -0.3 is 5.11 Å². The zero-order chi connectivity index (χ0) is 5.15. The van der Waals surface area contributed by atoms with Crippen LogP contribution in [0.1, 0.15) is 13.8 Å². The van der Waals surface area contributed by atoms with Crippen molar-refractivity contribution in [3.63, 3.8) is 0 Å². The van der Waals surface area contributed by atoms with Gasteiger partial charge in [0.2, 0.25) is 0 Å². The van der Waals surface area contributed by atoms with Gasteiger partial charge in [-0.1, -0.05) is 13.8 Å². The Bertz CT molecular complexity index is 60.7. The second-order valence-corrected chi connectivity index (χ2v) is 1.49. The Balaban J connectivity index is 0. The number of aliphatic carboxylic acids is 1. The number of carboxylic acids is 1. The molecule has 2 nitrogen and oxygen atoms in total. The monoisotopic (exact) mass is 228 g/mol. The molecule has 0 heterocycles. The number of rotatable bonds is 1. The molecule has 0 spiro atoms. The van der Waals surface area contributed by atoms with Crippen molar-refractivity contribution in [3.8, 4) is 0 Å². The minimum absolute atomic E-state index is 0. The van der Waals surface area contributed by atoms with Gasteiger partial charge >= 0.3 is 54.9 Å². The molecule has 0 aromatic heterocycles. The van der Waals surface area contributed by atoms with Crippen molar-refractivity contribution < 1.29 is 9.90 Å². The molecule has 0 aliphatic rings. The third-order valence-corrected chi connectivity index (χ3v) is 0.494. The Morgan fingerprint density at radius 3 is 1.71 bits per heavy atom. The van der Waals surface area contributed by atoms with Crippen LogP contribution in [0.3, 0.4) is 0 Å². The van der Waals surface area contributed by atoms with E-state index in [1.165, 1.54) is 0 Å². The maximum atomic E-state index is 9.70. The first-order valence-electron chi connectivity index (χ1n) is 1.87. The minimum atomic E-state index is -0.741. The van der Waals surface area contributed by atoms with Crippen LogP contribution in [-0.2, 0) is 4.79 Å². The molecule has 0 saturated heterocycles. The first-order valence-corrected chi connectivity index (χ1v) is 1.87. The Kier molecular flexibility index (Phi) is 8.09. The van der Waals surface area contributed by atoms with Crippen LogP contribution in [-0.4, -0.2) is 60.0 Å². The fraction of sp³-hybridized carbons (Fsp3) is 0.750. The Morgan fingerprint density at radius 2 is 1.71 bits per heavy atom. The predicted octanol–water partition coefficient (Wildman–Crippen LogP) is -0.189. The normalized spacial score (nSPS) is 7.86. The van der Waals surface area contributed by atoms with Crippen molar-refractivity contribution in [1.82, 2.24) is 0 Å². The molecule has 0 saturated carbocycles. The van der Waals surface area contributed by atoms with Crippen LogP contribution in [0.15, 0.2) is 0 Å². The van der Waals surface area contributed by atoms with Gasteiger partial charge in [0.25, 0.3) is 0 Å². The second-order valence-electron chi connectivity index (χ2n) is 1.49. The molecule has 1 N–H and O–H groups in total. The summed E-state index contributed by atoms with van der Waals surface area (Å²) >= 11 is 0. The van der Waals surface area contributed by atoms with E-state index in [2.05, 4.69) is 0 Å². The maximum absolute atomic E-state index is 9.70. The van der Waals surface area contributed by atoms with Crippen LogP contribution in [0.25, 0.3) is 0 Å². The molecule has 0 aliphatic heterocycles. The van der Waals surface area contributed by atoms with E-state index in [9.17, 15) is 4.79 Å². The van der Waals surface area contributed by atoms with E-state index in [1.54, 1.807) is 13.8 Å². The van der Waals surface area contributed by atoms with Crippen molar-refractivity contribution in [2.45, 2.75) is 13.8 Å². The summed E-state index contributed by atoms with van der Waals surface area (Å²) in [6, 6.07) is 0. The van der Waals surface area contributed by atoms with E-state index in [4.69, 9.17) is 5.11 Å². The average Bonchev–Trinajstić information content (AvgIpc) is 1.36. The van der Waals surface area contributed by atoms with Crippen LogP contribution in [0.5, 0.6) is 0 Å². The third-order valence-electron chi connectivity index (χ3n) is 0.494. The number of carbonyl (C=O) groups is 1. The zero-order valence-corrected chi connectivity index (χ0v) is 3.93. The van der Waals surface area contributed by atoms with Gasteiger partial charge in [0.15, 0.2) is 0 Å². The van der Waals surface area contributed by atoms with Crippen LogP contribution >= 0.6 is 0 Å². The molecule has 0 unspecified atom stereocenters. The van der Waals surface area contributed by atoms with E-state index in [1.807, 2.05) is 0 Å². The van der Waals surface area contributed by atoms with Crippen LogP contribution in [0, 0.1) is 5.92 Å². The summed E-state index contributed by atoms with van der Waals surface area (Å²) in [7, 11) is 0. The molecule has 0 atom stereocenters. The summed E-state index contributed by atoms with van der Waals surface area (Å²) in [5.41, 5.74) is 0. The van der Waals surface area contributed by atoms with Crippen molar-refractivity contribution in [2.24, 2.45) is 5.92 Å². The summed E-state index contributed by atoms with van der Waals surface area (Å²) in [6.45, 7) is 3.28. The van der Waals surface area contributed by atoms with Gasteiger partial charge in [-0.15, -0.1) is 0 Å². The quantitative estimate of drug-likeness (QED) is 0.631. The molecular weight excluding hydrogens is 217 g/mol. The number of hydrogen-bond acceptors (Lipinski definition) is 1. The molecule has 0 rings (SSSR count). The molecule has 0 bridgehead atoms. The predicted molar refractivity (Wildman–Crippen MR) is 31.0 cm³/mol. The molecule has 0 aromatic carbocycles. The van der Waals surface area contributed by atoms with E-state index in [0.717, 1.165) is 0 Å². The molecule has 0 aliphatic carbocycles. The molecule has 7 heavy (non-hydrogen) atoms. The van der Waals surface area contributed by atoms with Gasteiger partial charge in [0, 0.05) is 0 Å². The summed E-state index contributed by atoms with van der Waals surface area (Å²) in [5, 5.41) is 7.99. The SMILES string of the molecule is CC(C)C(=O)O.[BaH2]. The zero-order valence-electron chi connectivity index (χ0n) is 3.93. The average molecular weight is 227 g/mol. The van der Waals surface area contributed by atoms with Gasteiger partial charge in [-0.25, -0.2) is 0 Å². The van der Waals surface area contributed by atoms with Crippen molar-refractivity contribution in [3.05, 3.63) is 0 Å². The van der Waals surface area contributed by atoms with E-state index < -0.39 is 5.97 Å².